The number of hydrogen-bond acceptors (Lipinski definition) is 4. The fourth-order valence-corrected chi connectivity index (χ4v) is 1.38. The molecule has 0 amide bonds. The molecule has 5 heteroatoms. The summed E-state index contributed by atoms with van der Waals surface area (Å²) in [7, 11) is 1.70. The van der Waals surface area contributed by atoms with Gasteiger partial charge in [0.25, 0.3) is 0 Å². The average molecular weight is 234 g/mol. The molecule has 1 saturated heterocycles. The zero-order valence-electron chi connectivity index (χ0n) is 10.7. The second-order valence-corrected chi connectivity index (χ2v) is 8.04. The molecule has 92 valence electrons. The first-order valence-corrected chi connectivity index (χ1v) is 8.31. The SMILES string of the molecule is CC(N)C1CCNC1.CO[Si](C)(C)OC. The van der Waals surface area contributed by atoms with Crippen LogP contribution in [0.25, 0.3) is 0 Å². The summed E-state index contributed by atoms with van der Waals surface area (Å²) < 4.78 is 10.0. The molecular formula is C10H26N2O2Si. The number of nitrogens with one attached hydrogen (secondary N) is 1. The largest absolute Gasteiger partial charge is 0.398 e. The molecule has 1 aliphatic rings. The van der Waals surface area contributed by atoms with Gasteiger partial charge in [0.15, 0.2) is 0 Å². The number of nitrogens with two attached hydrogens (primary N) is 1. The maximum atomic E-state index is 5.66. The average Bonchev–Trinajstić information content (AvgIpc) is 2.72. The van der Waals surface area contributed by atoms with E-state index in [0.717, 1.165) is 19.0 Å². The molecule has 0 spiro atoms. The normalized spacial score (nSPS) is 23.2. The molecule has 1 rings (SSSR count). The molecule has 0 radical (unpaired) electrons. The lowest BCUT2D eigenvalue weighted by atomic mass is 10.0. The van der Waals surface area contributed by atoms with Crippen molar-refractivity contribution in [2.24, 2.45) is 11.7 Å². The van der Waals surface area contributed by atoms with E-state index in [9.17, 15) is 0 Å². The van der Waals surface area contributed by atoms with Crippen LogP contribution in [0.2, 0.25) is 13.1 Å². The highest BCUT2D eigenvalue weighted by atomic mass is 28.4. The second kappa shape index (κ2) is 7.35. The Kier molecular flexibility index (Phi) is 7.38. The maximum Gasteiger partial charge on any atom is 0.331 e. The minimum Gasteiger partial charge on any atom is -0.398 e. The maximum absolute atomic E-state index is 5.66. The van der Waals surface area contributed by atoms with Crippen molar-refractivity contribution in [1.82, 2.24) is 5.32 Å². The second-order valence-electron chi connectivity index (χ2n) is 4.42. The summed E-state index contributed by atoms with van der Waals surface area (Å²) in [4.78, 5) is 0. The predicted octanol–water partition coefficient (Wildman–Crippen LogP) is 0.924. The van der Waals surface area contributed by atoms with E-state index in [1.165, 1.54) is 6.42 Å². The number of hydrogen-bond donors (Lipinski definition) is 2. The van der Waals surface area contributed by atoms with Gasteiger partial charge in [0.05, 0.1) is 0 Å². The van der Waals surface area contributed by atoms with Gasteiger partial charge in [-0.2, -0.15) is 0 Å². The third kappa shape index (κ3) is 7.02. The third-order valence-corrected chi connectivity index (χ3v) is 4.79. The Morgan fingerprint density at radius 3 is 2.00 bits per heavy atom. The van der Waals surface area contributed by atoms with E-state index >= 15 is 0 Å². The van der Waals surface area contributed by atoms with Gasteiger partial charge in [-0.3, -0.25) is 0 Å². The van der Waals surface area contributed by atoms with Crippen molar-refractivity contribution in [3.05, 3.63) is 0 Å². The van der Waals surface area contributed by atoms with Crippen LogP contribution in [0.3, 0.4) is 0 Å². The summed E-state index contributed by atoms with van der Waals surface area (Å²) in [5, 5.41) is 3.27. The molecule has 0 bridgehead atoms. The highest BCUT2D eigenvalue weighted by molar-refractivity contribution is 6.64. The molecule has 0 aromatic heterocycles. The molecule has 2 atom stereocenters. The molecule has 3 N–H and O–H groups in total. The minimum atomic E-state index is -1.65. The summed E-state index contributed by atoms with van der Waals surface area (Å²) in [6.07, 6.45) is 1.26. The van der Waals surface area contributed by atoms with Gasteiger partial charge < -0.3 is 19.9 Å². The van der Waals surface area contributed by atoms with E-state index in [-0.39, 0.29) is 0 Å². The fourth-order valence-electron chi connectivity index (χ4n) is 1.21. The fraction of sp³-hybridized carbons (Fsp3) is 1.00. The van der Waals surface area contributed by atoms with Crippen LogP contribution >= 0.6 is 0 Å². The van der Waals surface area contributed by atoms with Crippen LogP contribution in [0, 0.1) is 5.92 Å². The molecule has 15 heavy (non-hydrogen) atoms. The van der Waals surface area contributed by atoms with Gasteiger partial charge in [0.1, 0.15) is 0 Å². The predicted molar refractivity (Wildman–Crippen MR) is 66.1 cm³/mol. The van der Waals surface area contributed by atoms with Crippen molar-refractivity contribution in [2.45, 2.75) is 32.5 Å². The van der Waals surface area contributed by atoms with Gasteiger partial charge in [-0.1, -0.05) is 0 Å². The van der Waals surface area contributed by atoms with Crippen molar-refractivity contribution < 1.29 is 8.85 Å². The van der Waals surface area contributed by atoms with Gasteiger partial charge in [-0.25, -0.2) is 0 Å². The zero-order valence-corrected chi connectivity index (χ0v) is 11.7. The Morgan fingerprint density at radius 1 is 1.33 bits per heavy atom. The molecular weight excluding hydrogens is 208 g/mol. The Bertz CT molecular complexity index is 154. The Morgan fingerprint density at radius 2 is 1.87 bits per heavy atom. The van der Waals surface area contributed by atoms with Crippen molar-refractivity contribution in [3.63, 3.8) is 0 Å². The van der Waals surface area contributed by atoms with E-state index in [0.29, 0.717) is 6.04 Å². The highest BCUT2D eigenvalue weighted by Gasteiger charge is 2.19. The van der Waals surface area contributed by atoms with E-state index < -0.39 is 8.56 Å². The topological polar surface area (TPSA) is 56.5 Å². The Balaban J connectivity index is 0.000000265. The lowest BCUT2D eigenvalue weighted by Crippen LogP contribution is -2.31. The molecule has 0 saturated carbocycles. The van der Waals surface area contributed by atoms with Crippen LogP contribution in [-0.4, -0.2) is 41.9 Å². The van der Waals surface area contributed by atoms with Crippen LogP contribution in [0.15, 0.2) is 0 Å². The van der Waals surface area contributed by atoms with E-state index in [1.54, 1.807) is 14.2 Å². The van der Waals surface area contributed by atoms with E-state index in [4.69, 9.17) is 14.6 Å². The monoisotopic (exact) mass is 234 g/mol. The summed E-state index contributed by atoms with van der Waals surface area (Å²) in [6, 6.07) is 0.380. The Hall–Kier alpha value is 0.0569. The van der Waals surface area contributed by atoms with Gasteiger partial charge >= 0.3 is 8.56 Å². The minimum absolute atomic E-state index is 0.380. The molecule has 1 aliphatic heterocycles. The first-order chi connectivity index (χ1) is 6.93. The van der Waals surface area contributed by atoms with E-state index in [2.05, 4.69) is 12.2 Å². The quantitative estimate of drug-likeness (QED) is 0.713. The lowest BCUT2D eigenvalue weighted by Gasteiger charge is -2.15. The van der Waals surface area contributed by atoms with Gasteiger partial charge in [-0.05, 0) is 45.4 Å². The summed E-state index contributed by atoms with van der Waals surface area (Å²) in [6.45, 7) is 8.35. The van der Waals surface area contributed by atoms with Crippen LogP contribution in [0.5, 0.6) is 0 Å². The van der Waals surface area contributed by atoms with Crippen LogP contribution < -0.4 is 11.1 Å². The molecule has 4 nitrogen and oxygen atoms in total. The first-order valence-electron chi connectivity index (χ1n) is 5.49. The smallest absolute Gasteiger partial charge is 0.331 e. The highest BCUT2D eigenvalue weighted by Crippen LogP contribution is 2.09. The molecule has 0 aliphatic carbocycles. The molecule has 1 fully saturated rings. The summed E-state index contributed by atoms with van der Waals surface area (Å²) in [5.74, 6) is 0.731. The summed E-state index contributed by atoms with van der Waals surface area (Å²) >= 11 is 0. The van der Waals surface area contributed by atoms with Crippen LogP contribution in [0.4, 0.5) is 0 Å². The first kappa shape index (κ1) is 15.1. The van der Waals surface area contributed by atoms with Crippen molar-refractivity contribution in [2.75, 3.05) is 27.3 Å². The van der Waals surface area contributed by atoms with Gasteiger partial charge in [0, 0.05) is 20.3 Å². The van der Waals surface area contributed by atoms with Crippen molar-refractivity contribution in [1.29, 1.82) is 0 Å². The molecule has 1 heterocycles. The van der Waals surface area contributed by atoms with Crippen LogP contribution in [0.1, 0.15) is 13.3 Å². The standard InChI is InChI=1S/C6H14N2.C4H12O2Si/c1-5(7)6-2-3-8-4-6;1-5-7(3,4)6-2/h5-6,8H,2-4,7H2,1H3;1-4H3. The van der Waals surface area contributed by atoms with Crippen molar-refractivity contribution in [3.8, 4) is 0 Å². The van der Waals surface area contributed by atoms with Crippen LogP contribution in [-0.2, 0) is 8.85 Å². The van der Waals surface area contributed by atoms with E-state index in [1.807, 2.05) is 13.1 Å². The lowest BCUT2D eigenvalue weighted by molar-refractivity contribution is 0.258. The van der Waals surface area contributed by atoms with Gasteiger partial charge in [-0.15, -0.1) is 0 Å². The molecule has 2 unspecified atom stereocenters. The van der Waals surface area contributed by atoms with Gasteiger partial charge in [0.2, 0.25) is 0 Å². The summed E-state index contributed by atoms with van der Waals surface area (Å²) in [5.41, 5.74) is 5.66. The zero-order chi connectivity index (χ0) is 11.9. The third-order valence-electron chi connectivity index (χ3n) is 2.83. The number of rotatable bonds is 3. The molecule has 0 aromatic rings. The Labute approximate surface area is 94.8 Å². The van der Waals surface area contributed by atoms with Crippen molar-refractivity contribution >= 4 is 8.56 Å². The molecule has 0 aromatic carbocycles.